The molecule has 1 aromatic rings. The second kappa shape index (κ2) is 6.30. The second-order valence-electron chi connectivity index (χ2n) is 5.35. The van der Waals surface area contributed by atoms with Crippen molar-refractivity contribution in [2.75, 3.05) is 6.61 Å². The molecule has 2 nitrogen and oxygen atoms in total. The summed E-state index contributed by atoms with van der Waals surface area (Å²) in [6, 6.07) is 7.95. The molecule has 1 aliphatic rings. The minimum atomic E-state index is -0.139. The topological polar surface area (TPSA) is 32.3 Å². The van der Waals surface area contributed by atoms with Gasteiger partial charge in [0.05, 0.1) is 0 Å². The van der Waals surface area contributed by atoms with E-state index < -0.39 is 0 Å². The van der Waals surface area contributed by atoms with E-state index in [9.17, 15) is 4.39 Å². The van der Waals surface area contributed by atoms with Gasteiger partial charge in [-0.05, 0) is 56.2 Å². The summed E-state index contributed by atoms with van der Waals surface area (Å²) in [6.07, 6.45) is 4.05. The molecule has 2 rings (SSSR count). The van der Waals surface area contributed by atoms with Gasteiger partial charge in [-0.15, -0.1) is 0 Å². The molecule has 0 amide bonds. The molecule has 0 spiro atoms. The van der Waals surface area contributed by atoms with Crippen molar-refractivity contribution >= 4 is 0 Å². The van der Waals surface area contributed by atoms with Gasteiger partial charge in [0.25, 0.3) is 0 Å². The lowest BCUT2D eigenvalue weighted by atomic mass is 9.75. The maximum Gasteiger partial charge on any atom is 0.123 e. The number of nitrogens with one attached hydrogen (secondary N) is 1. The maximum atomic E-state index is 13.1. The van der Waals surface area contributed by atoms with Crippen LogP contribution < -0.4 is 5.32 Å². The van der Waals surface area contributed by atoms with Crippen molar-refractivity contribution < 1.29 is 9.50 Å². The molecule has 1 aromatic carbocycles. The van der Waals surface area contributed by atoms with Crippen molar-refractivity contribution in [2.45, 2.75) is 50.6 Å². The molecule has 2 N–H and O–H groups in total. The average molecular weight is 251 g/mol. The van der Waals surface area contributed by atoms with E-state index in [1.807, 2.05) is 6.07 Å². The number of benzene rings is 1. The van der Waals surface area contributed by atoms with Gasteiger partial charge >= 0.3 is 0 Å². The van der Waals surface area contributed by atoms with E-state index >= 15 is 0 Å². The normalized spacial score (nSPS) is 24.6. The summed E-state index contributed by atoms with van der Waals surface area (Å²) in [5, 5.41) is 12.3. The summed E-state index contributed by atoms with van der Waals surface area (Å²) in [7, 11) is 0. The summed E-state index contributed by atoms with van der Waals surface area (Å²) in [6.45, 7) is 2.42. The zero-order valence-electron chi connectivity index (χ0n) is 10.9. The van der Waals surface area contributed by atoms with E-state index in [0.717, 1.165) is 31.2 Å². The Labute approximate surface area is 108 Å². The van der Waals surface area contributed by atoms with Crippen molar-refractivity contribution in [1.29, 1.82) is 0 Å². The SMILES string of the molecule is CC(CCCO)NC1CC(c2cccc(F)c2)C1. The van der Waals surface area contributed by atoms with Crippen molar-refractivity contribution in [1.82, 2.24) is 5.32 Å². The zero-order valence-corrected chi connectivity index (χ0v) is 10.9. The average Bonchev–Trinajstić information content (AvgIpc) is 2.30. The number of hydrogen-bond donors (Lipinski definition) is 2. The number of aliphatic hydroxyl groups is 1. The van der Waals surface area contributed by atoms with Crippen LogP contribution in [0, 0.1) is 5.82 Å². The van der Waals surface area contributed by atoms with Crippen molar-refractivity contribution in [3.63, 3.8) is 0 Å². The summed E-state index contributed by atoms with van der Waals surface area (Å²) >= 11 is 0. The largest absolute Gasteiger partial charge is 0.396 e. The first-order valence-corrected chi connectivity index (χ1v) is 6.81. The van der Waals surface area contributed by atoms with Gasteiger partial charge in [0, 0.05) is 18.7 Å². The Hall–Kier alpha value is -0.930. The van der Waals surface area contributed by atoms with Gasteiger partial charge in [-0.2, -0.15) is 0 Å². The Bertz CT molecular complexity index is 377. The smallest absolute Gasteiger partial charge is 0.123 e. The Morgan fingerprint density at radius 1 is 1.44 bits per heavy atom. The molecule has 0 radical (unpaired) electrons. The molecule has 0 heterocycles. The fourth-order valence-electron chi connectivity index (χ4n) is 2.67. The third kappa shape index (κ3) is 3.53. The monoisotopic (exact) mass is 251 g/mol. The lowest BCUT2D eigenvalue weighted by Crippen LogP contribution is -2.44. The van der Waals surface area contributed by atoms with Crippen LogP contribution in [0.1, 0.15) is 44.1 Å². The van der Waals surface area contributed by atoms with E-state index in [2.05, 4.69) is 12.2 Å². The third-order valence-corrected chi connectivity index (χ3v) is 3.77. The first kappa shape index (κ1) is 13.5. The number of rotatable bonds is 6. The fraction of sp³-hybridized carbons (Fsp3) is 0.600. The molecule has 1 saturated carbocycles. The van der Waals surface area contributed by atoms with Gasteiger partial charge < -0.3 is 10.4 Å². The molecule has 3 heteroatoms. The lowest BCUT2D eigenvalue weighted by Gasteiger charge is -2.38. The van der Waals surface area contributed by atoms with Crippen LogP contribution in [-0.4, -0.2) is 23.8 Å². The minimum Gasteiger partial charge on any atom is -0.396 e. The molecule has 0 aromatic heterocycles. The van der Waals surface area contributed by atoms with Gasteiger partial charge in [0.15, 0.2) is 0 Å². The van der Waals surface area contributed by atoms with Gasteiger partial charge in [0.1, 0.15) is 5.82 Å². The molecular weight excluding hydrogens is 229 g/mol. The molecule has 0 bridgehead atoms. The van der Waals surface area contributed by atoms with Gasteiger partial charge in [0.2, 0.25) is 0 Å². The van der Waals surface area contributed by atoms with E-state index in [4.69, 9.17) is 5.11 Å². The maximum absolute atomic E-state index is 13.1. The van der Waals surface area contributed by atoms with E-state index in [0.29, 0.717) is 18.0 Å². The van der Waals surface area contributed by atoms with Crippen LogP contribution in [0.3, 0.4) is 0 Å². The summed E-state index contributed by atoms with van der Waals surface area (Å²) < 4.78 is 13.1. The second-order valence-corrected chi connectivity index (χ2v) is 5.35. The Balaban J connectivity index is 1.73. The molecule has 1 aliphatic carbocycles. The van der Waals surface area contributed by atoms with Crippen LogP contribution in [0.15, 0.2) is 24.3 Å². The molecule has 1 atom stereocenters. The van der Waals surface area contributed by atoms with Crippen molar-refractivity contribution in [3.8, 4) is 0 Å². The summed E-state index contributed by atoms with van der Waals surface area (Å²) in [5.74, 6) is 0.364. The predicted molar refractivity (Wildman–Crippen MR) is 71.1 cm³/mol. The van der Waals surface area contributed by atoms with Gasteiger partial charge in [-0.25, -0.2) is 4.39 Å². The highest BCUT2D eigenvalue weighted by molar-refractivity contribution is 5.23. The first-order chi connectivity index (χ1) is 8.69. The third-order valence-electron chi connectivity index (χ3n) is 3.77. The highest BCUT2D eigenvalue weighted by Crippen LogP contribution is 2.37. The minimum absolute atomic E-state index is 0.139. The predicted octanol–water partition coefficient (Wildman–Crippen LogP) is 2.82. The molecule has 1 fully saturated rings. The van der Waals surface area contributed by atoms with Gasteiger partial charge in [-0.1, -0.05) is 12.1 Å². The van der Waals surface area contributed by atoms with Gasteiger partial charge in [-0.3, -0.25) is 0 Å². The fourth-order valence-corrected chi connectivity index (χ4v) is 2.67. The number of halogens is 1. The van der Waals surface area contributed by atoms with Crippen molar-refractivity contribution in [3.05, 3.63) is 35.6 Å². The van der Waals surface area contributed by atoms with Crippen LogP contribution in [0.5, 0.6) is 0 Å². The Kier molecular flexibility index (Phi) is 4.72. The number of aliphatic hydroxyl groups excluding tert-OH is 1. The number of hydrogen-bond acceptors (Lipinski definition) is 2. The molecule has 0 saturated heterocycles. The highest BCUT2D eigenvalue weighted by Gasteiger charge is 2.30. The van der Waals surface area contributed by atoms with Crippen molar-refractivity contribution in [2.24, 2.45) is 0 Å². The molecule has 1 unspecified atom stereocenters. The standard InChI is InChI=1S/C15H22FNO/c1-11(4-3-7-18)17-15-9-13(10-15)12-5-2-6-14(16)8-12/h2,5-6,8,11,13,15,17-18H,3-4,7,9-10H2,1H3. The molecule has 100 valence electrons. The molecule has 0 aliphatic heterocycles. The van der Waals surface area contributed by atoms with E-state index in [1.54, 1.807) is 12.1 Å². The van der Waals surface area contributed by atoms with Crippen LogP contribution in [0.4, 0.5) is 4.39 Å². The van der Waals surface area contributed by atoms with E-state index in [-0.39, 0.29) is 12.4 Å². The Morgan fingerprint density at radius 2 is 2.22 bits per heavy atom. The van der Waals surface area contributed by atoms with Crippen LogP contribution >= 0.6 is 0 Å². The zero-order chi connectivity index (χ0) is 13.0. The van der Waals surface area contributed by atoms with E-state index in [1.165, 1.54) is 6.07 Å². The summed E-state index contributed by atoms with van der Waals surface area (Å²) in [4.78, 5) is 0. The Morgan fingerprint density at radius 3 is 2.89 bits per heavy atom. The molecular formula is C15H22FNO. The lowest BCUT2D eigenvalue weighted by molar-refractivity contribution is 0.244. The van der Waals surface area contributed by atoms with Crippen LogP contribution in [-0.2, 0) is 0 Å². The van der Waals surface area contributed by atoms with Crippen LogP contribution in [0.2, 0.25) is 0 Å². The molecule has 18 heavy (non-hydrogen) atoms. The summed E-state index contributed by atoms with van der Waals surface area (Å²) in [5.41, 5.74) is 1.12. The first-order valence-electron chi connectivity index (χ1n) is 6.81. The quantitative estimate of drug-likeness (QED) is 0.815. The highest BCUT2D eigenvalue weighted by atomic mass is 19.1. The van der Waals surface area contributed by atoms with Crippen LogP contribution in [0.25, 0.3) is 0 Å².